The molecular weight excluding hydrogens is 330 g/mol. The van der Waals surface area contributed by atoms with Crippen LogP contribution in [0.15, 0.2) is 30.3 Å². The SMILES string of the molecule is CN1C(=O)[C@H](c2ccccc2)CC12CCN(C(=O)C1(C(N)=O)CC1)CC2. The molecule has 1 aromatic carbocycles. The van der Waals surface area contributed by atoms with E-state index in [9.17, 15) is 14.4 Å². The number of carbonyl (C=O) groups is 3. The molecule has 138 valence electrons. The number of amides is 3. The zero-order valence-corrected chi connectivity index (χ0v) is 15.1. The van der Waals surface area contributed by atoms with Crippen LogP contribution in [0.2, 0.25) is 0 Å². The highest BCUT2D eigenvalue weighted by atomic mass is 16.2. The molecule has 0 unspecified atom stereocenters. The molecule has 0 aromatic heterocycles. The first-order valence-electron chi connectivity index (χ1n) is 9.32. The van der Waals surface area contributed by atoms with Crippen molar-refractivity contribution in [3.05, 3.63) is 35.9 Å². The minimum Gasteiger partial charge on any atom is -0.369 e. The zero-order valence-electron chi connectivity index (χ0n) is 15.1. The number of likely N-dealkylation sites (tertiary alicyclic amines) is 2. The summed E-state index contributed by atoms with van der Waals surface area (Å²) in [6, 6.07) is 9.91. The van der Waals surface area contributed by atoms with E-state index in [1.165, 1.54) is 0 Å². The Morgan fingerprint density at radius 1 is 1.08 bits per heavy atom. The third-order valence-electron chi connectivity index (χ3n) is 6.74. The third-order valence-corrected chi connectivity index (χ3v) is 6.74. The molecule has 2 aliphatic heterocycles. The topological polar surface area (TPSA) is 83.7 Å². The molecule has 3 aliphatic rings. The molecule has 2 heterocycles. The van der Waals surface area contributed by atoms with Gasteiger partial charge in [-0.2, -0.15) is 0 Å². The highest BCUT2D eigenvalue weighted by Gasteiger charge is 2.58. The van der Waals surface area contributed by atoms with Gasteiger partial charge in [0.15, 0.2) is 0 Å². The molecule has 6 nitrogen and oxygen atoms in total. The van der Waals surface area contributed by atoms with Gasteiger partial charge in [0.25, 0.3) is 0 Å². The molecule has 0 radical (unpaired) electrons. The summed E-state index contributed by atoms with van der Waals surface area (Å²) in [6.45, 7) is 1.15. The van der Waals surface area contributed by atoms with Gasteiger partial charge in [-0.1, -0.05) is 30.3 Å². The second-order valence-corrected chi connectivity index (χ2v) is 8.03. The molecule has 0 bridgehead atoms. The van der Waals surface area contributed by atoms with E-state index in [0.29, 0.717) is 25.9 Å². The quantitative estimate of drug-likeness (QED) is 0.829. The number of hydrogen-bond donors (Lipinski definition) is 1. The van der Waals surface area contributed by atoms with E-state index in [2.05, 4.69) is 0 Å². The maximum Gasteiger partial charge on any atom is 0.238 e. The van der Waals surface area contributed by atoms with Crippen LogP contribution < -0.4 is 5.73 Å². The van der Waals surface area contributed by atoms with Crippen molar-refractivity contribution in [2.24, 2.45) is 11.1 Å². The number of likely N-dealkylation sites (N-methyl/N-ethyl adjacent to an activating group) is 1. The summed E-state index contributed by atoms with van der Waals surface area (Å²) >= 11 is 0. The van der Waals surface area contributed by atoms with Gasteiger partial charge >= 0.3 is 0 Å². The number of benzene rings is 1. The first-order chi connectivity index (χ1) is 12.4. The first kappa shape index (κ1) is 17.1. The molecule has 1 spiro atoms. The van der Waals surface area contributed by atoms with Crippen LogP contribution in [0.3, 0.4) is 0 Å². The molecule has 3 amide bonds. The normalized spacial score (nSPS) is 26.2. The number of primary amides is 1. The van der Waals surface area contributed by atoms with E-state index in [-0.39, 0.29) is 23.3 Å². The molecule has 1 aliphatic carbocycles. The Bertz CT molecular complexity index is 749. The van der Waals surface area contributed by atoms with Gasteiger partial charge in [0, 0.05) is 25.7 Å². The maximum absolute atomic E-state index is 12.8. The van der Waals surface area contributed by atoms with Crippen LogP contribution in [0.4, 0.5) is 0 Å². The average Bonchev–Trinajstić information content (AvgIpc) is 3.44. The van der Waals surface area contributed by atoms with E-state index < -0.39 is 11.3 Å². The fourth-order valence-corrected chi connectivity index (χ4v) is 4.68. The lowest BCUT2D eigenvalue weighted by molar-refractivity contribution is -0.145. The van der Waals surface area contributed by atoms with Crippen molar-refractivity contribution in [3.8, 4) is 0 Å². The molecule has 1 aromatic rings. The van der Waals surface area contributed by atoms with Crippen molar-refractivity contribution in [3.63, 3.8) is 0 Å². The fraction of sp³-hybridized carbons (Fsp3) is 0.550. The molecule has 2 N–H and O–H groups in total. The lowest BCUT2D eigenvalue weighted by Crippen LogP contribution is -2.55. The maximum atomic E-state index is 12.8. The smallest absolute Gasteiger partial charge is 0.238 e. The molecule has 2 saturated heterocycles. The van der Waals surface area contributed by atoms with Crippen molar-refractivity contribution in [2.75, 3.05) is 20.1 Å². The van der Waals surface area contributed by atoms with Crippen molar-refractivity contribution in [2.45, 2.75) is 43.6 Å². The van der Waals surface area contributed by atoms with Gasteiger partial charge in [-0.05, 0) is 37.7 Å². The van der Waals surface area contributed by atoms with E-state index >= 15 is 0 Å². The minimum atomic E-state index is -0.950. The predicted octanol–water partition coefficient (Wildman–Crippen LogP) is 1.26. The predicted molar refractivity (Wildman–Crippen MR) is 96.0 cm³/mol. The third kappa shape index (κ3) is 2.42. The fourth-order valence-electron chi connectivity index (χ4n) is 4.68. The second kappa shape index (κ2) is 5.83. The van der Waals surface area contributed by atoms with E-state index in [0.717, 1.165) is 24.8 Å². The Balaban J connectivity index is 1.48. The summed E-state index contributed by atoms with van der Waals surface area (Å²) in [6.07, 6.45) is 3.42. The van der Waals surface area contributed by atoms with Crippen LogP contribution in [-0.2, 0) is 14.4 Å². The molecule has 4 rings (SSSR count). The Labute approximate surface area is 153 Å². The largest absolute Gasteiger partial charge is 0.369 e. The molecular formula is C20H25N3O3. The summed E-state index contributed by atoms with van der Waals surface area (Å²) < 4.78 is 0. The highest BCUT2D eigenvalue weighted by Crippen LogP contribution is 2.49. The van der Waals surface area contributed by atoms with Crippen LogP contribution in [0.25, 0.3) is 0 Å². The van der Waals surface area contributed by atoms with Crippen LogP contribution in [0.1, 0.15) is 43.6 Å². The van der Waals surface area contributed by atoms with Crippen molar-refractivity contribution < 1.29 is 14.4 Å². The summed E-state index contributed by atoms with van der Waals surface area (Å²) in [5.74, 6) is -0.567. The molecule has 6 heteroatoms. The van der Waals surface area contributed by atoms with E-state index in [4.69, 9.17) is 5.73 Å². The van der Waals surface area contributed by atoms with Gasteiger partial charge in [-0.3, -0.25) is 14.4 Å². The van der Waals surface area contributed by atoms with Crippen LogP contribution in [-0.4, -0.2) is 53.2 Å². The van der Waals surface area contributed by atoms with Crippen LogP contribution in [0.5, 0.6) is 0 Å². The van der Waals surface area contributed by atoms with Crippen molar-refractivity contribution in [1.82, 2.24) is 9.80 Å². The molecule has 3 fully saturated rings. The summed E-state index contributed by atoms with van der Waals surface area (Å²) in [5, 5.41) is 0. The van der Waals surface area contributed by atoms with Crippen LogP contribution in [0, 0.1) is 5.41 Å². The minimum absolute atomic E-state index is 0.108. The van der Waals surface area contributed by atoms with Gasteiger partial charge in [0.05, 0.1) is 5.92 Å². The summed E-state index contributed by atoms with van der Waals surface area (Å²) in [5.41, 5.74) is 5.35. The van der Waals surface area contributed by atoms with E-state index in [1.807, 2.05) is 42.3 Å². The Morgan fingerprint density at radius 3 is 2.23 bits per heavy atom. The molecule has 26 heavy (non-hydrogen) atoms. The number of nitrogens with zero attached hydrogens (tertiary/aromatic N) is 2. The van der Waals surface area contributed by atoms with Gasteiger partial charge in [-0.15, -0.1) is 0 Å². The summed E-state index contributed by atoms with van der Waals surface area (Å²) in [7, 11) is 1.88. The van der Waals surface area contributed by atoms with Crippen molar-refractivity contribution >= 4 is 17.7 Å². The van der Waals surface area contributed by atoms with Crippen LogP contribution >= 0.6 is 0 Å². The number of rotatable bonds is 3. The lowest BCUT2D eigenvalue weighted by Gasteiger charge is -2.44. The molecule has 1 saturated carbocycles. The van der Waals surface area contributed by atoms with Crippen molar-refractivity contribution in [1.29, 1.82) is 0 Å². The first-order valence-corrected chi connectivity index (χ1v) is 9.32. The van der Waals surface area contributed by atoms with Gasteiger partial charge in [-0.25, -0.2) is 0 Å². The average molecular weight is 355 g/mol. The van der Waals surface area contributed by atoms with Gasteiger partial charge in [0.1, 0.15) is 5.41 Å². The second-order valence-electron chi connectivity index (χ2n) is 8.03. The highest BCUT2D eigenvalue weighted by molar-refractivity contribution is 6.07. The standard InChI is InChI=1S/C20H25N3O3/c1-22-16(24)15(14-5-3-2-4-6-14)13-19(22)9-11-23(12-10-19)18(26)20(7-8-20)17(21)25/h2-6,15H,7-13H2,1H3,(H2,21,25)/t15-/m0/s1. The Kier molecular flexibility index (Phi) is 3.82. The summed E-state index contributed by atoms with van der Waals surface area (Å²) in [4.78, 5) is 40.8. The van der Waals surface area contributed by atoms with Gasteiger partial charge in [0.2, 0.25) is 17.7 Å². The number of nitrogens with two attached hydrogens (primary N) is 1. The number of hydrogen-bond acceptors (Lipinski definition) is 3. The monoisotopic (exact) mass is 355 g/mol. The zero-order chi connectivity index (χ0) is 18.5. The number of piperidine rings is 1. The lowest BCUT2D eigenvalue weighted by atomic mass is 9.81. The Morgan fingerprint density at radius 2 is 1.69 bits per heavy atom. The van der Waals surface area contributed by atoms with Gasteiger partial charge < -0.3 is 15.5 Å². The molecule has 1 atom stereocenters. The van der Waals surface area contributed by atoms with E-state index in [1.54, 1.807) is 4.90 Å². The number of carbonyl (C=O) groups excluding carboxylic acids is 3. The Hall–Kier alpha value is -2.37.